The molecule has 0 radical (unpaired) electrons. The highest BCUT2D eigenvalue weighted by molar-refractivity contribution is 6.30. The van der Waals surface area contributed by atoms with Crippen molar-refractivity contribution in [1.82, 2.24) is 15.0 Å². The first-order valence-electron chi connectivity index (χ1n) is 10.3. The Morgan fingerprint density at radius 1 is 1.10 bits per heavy atom. The zero-order valence-corrected chi connectivity index (χ0v) is 18.8. The van der Waals surface area contributed by atoms with Gasteiger partial charge in [0.1, 0.15) is 11.8 Å². The van der Waals surface area contributed by atoms with Gasteiger partial charge in [-0.05, 0) is 48.7 Å². The Labute approximate surface area is 187 Å². The lowest BCUT2D eigenvalue weighted by Crippen LogP contribution is -2.12. The maximum absolute atomic E-state index is 10.1. The molecular formula is C23H28ClN3O4. The molecule has 1 heterocycles. The topological polar surface area (TPSA) is 78.6 Å². The van der Waals surface area contributed by atoms with Crippen LogP contribution in [0.4, 0.5) is 0 Å². The number of methoxy groups -OCH3 is 1. The molecule has 31 heavy (non-hydrogen) atoms. The summed E-state index contributed by atoms with van der Waals surface area (Å²) >= 11 is 6.04. The number of benzene rings is 2. The second kappa shape index (κ2) is 11.1. The van der Waals surface area contributed by atoms with Gasteiger partial charge in [-0.2, -0.15) is 0 Å². The van der Waals surface area contributed by atoms with Crippen LogP contribution in [0.3, 0.4) is 0 Å². The smallest absolute Gasteiger partial charge is 0.161 e. The van der Waals surface area contributed by atoms with E-state index in [1.165, 1.54) is 0 Å². The molecule has 0 saturated carbocycles. The van der Waals surface area contributed by atoms with Crippen molar-refractivity contribution < 1.29 is 19.3 Å². The predicted octanol–water partition coefficient (Wildman–Crippen LogP) is 4.40. The summed E-state index contributed by atoms with van der Waals surface area (Å²) in [4.78, 5) is 0. The van der Waals surface area contributed by atoms with Gasteiger partial charge in [0.25, 0.3) is 0 Å². The van der Waals surface area contributed by atoms with Gasteiger partial charge in [-0.1, -0.05) is 41.9 Å². The van der Waals surface area contributed by atoms with Gasteiger partial charge in [-0.15, -0.1) is 5.10 Å². The van der Waals surface area contributed by atoms with E-state index in [0.717, 1.165) is 17.5 Å². The first kappa shape index (κ1) is 23.1. The lowest BCUT2D eigenvalue weighted by molar-refractivity contribution is 0.0760. The lowest BCUT2D eigenvalue weighted by atomic mass is 10.0. The third-order valence-electron chi connectivity index (χ3n) is 4.79. The normalized spacial score (nSPS) is 12.0. The first-order chi connectivity index (χ1) is 15.1. The number of aliphatic hydroxyl groups is 1. The van der Waals surface area contributed by atoms with Gasteiger partial charge in [0.15, 0.2) is 11.5 Å². The molecular weight excluding hydrogens is 418 g/mol. The van der Waals surface area contributed by atoms with Crippen molar-refractivity contribution in [2.75, 3.05) is 20.3 Å². The van der Waals surface area contributed by atoms with Crippen molar-refractivity contribution in [3.05, 3.63) is 70.0 Å². The molecule has 0 saturated heterocycles. The molecule has 0 spiro atoms. The molecule has 0 bridgehead atoms. The van der Waals surface area contributed by atoms with Gasteiger partial charge in [0, 0.05) is 11.6 Å². The SMILES string of the molecule is CCCOC(c1ccc(Cl)cc1)c1nnn(Cc2ccc(OC)c(OCC)c2)c1CO. The van der Waals surface area contributed by atoms with Crippen LogP contribution in [0, 0.1) is 0 Å². The van der Waals surface area contributed by atoms with Crippen molar-refractivity contribution in [3.8, 4) is 11.5 Å². The van der Waals surface area contributed by atoms with Crippen LogP contribution in [0.25, 0.3) is 0 Å². The fourth-order valence-corrected chi connectivity index (χ4v) is 3.43. The Balaban J connectivity index is 1.93. The third kappa shape index (κ3) is 5.55. The van der Waals surface area contributed by atoms with E-state index in [-0.39, 0.29) is 6.61 Å². The first-order valence-corrected chi connectivity index (χ1v) is 10.7. The molecule has 0 aliphatic carbocycles. The van der Waals surface area contributed by atoms with E-state index in [2.05, 4.69) is 10.3 Å². The molecule has 0 amide bonds. The predicted molar refractivity (Wildman–Crippen MR) is 119 cm³/mol. The fraction of sp³-hybridized carbons (Fsp3) is 0.391. The summed E-state index contributed by atoms with van der Waals surface area (Å²) in [5, 5.41) is 19.4. The minimum absolute atomic E-state index is 0.212. The van der Waals surface area contributed by atoms with E-state index >= 15 is 0 Å². The Hall–Kier alpha value is -2.61. The minimum Gasteiger partial charge on any atom is -0.493 e. The highest BCUT2D eigenvalue weighted by Crippen LogP contribution is 2.31. The van der Waals surface area contributed by atoms with Crippen LogP contribution < -0.4 is 9.47 Å². The Bertz CT molecular complexity index is 975. The maximum Gasteiger partial charge on any atom is 0.161 e. The van der Waals surface area contributed by atoms with Crippen molar-refractivity contribution >= 4 is 11.6 Å². The van der Waals surface area contributed by atoms with E-state index in [1.807, 2.05) is 56.3 Å². The summed E-state index contributed by atoms with van der Waals surface area (Å²) in [6.45, 7) is 5.27. The van der Waals surface area contributed by atoms with Crippen LogP contribution >= 0.6 is 11.6 Å². The summed E-state index contributed by atoms with van der Waals surface area (Å²) in [5.74, 6) is 1.33. The lowest BCUT2D eigenvalue weighted by Gasteiger charge is -2.18. The van der Waals surface area contributed by atoms with Crippen molar-refractivity contribution in [1.29, 1.82) is 0 Å². The van der Waals surface area contributed by atoms with Gasteiger partial charge in [0.05, 0.1) is 32.6 Å². The van der Waals surface area contributed by atoms with Crippen molar-refractivity contribution in [3.63, 3.8) is 0 Å². The van der Waals surface area contributed by atoms with Gasteiger partial charge in [-0.3, -0.25) is 0 Å². The molecule has 1 N–H and O–H groups in total. The number of nitrogens with zero attached hydrogens (tertiary/aromatic N) is 3. The Morgan fingerprint density at radius 3 is 2.52 bits per heavy atom. The quantitative estimate of drug-likeness (QED) is 0.471. The van der Waals surface area contributed by atoms with Crippen LogP contribution in [0.15, 0.2) is 42.5 Å². The van der Waals surface area contributed by atoms with Crippen molar-refractivity contribution in [2.45, 2.75) is 39.5 Å². The Kier molecular flexibility index (Phi) is 8.28. The molecule has 2 aromatic carbocycles. The Morgan fingerprint density at radius 2 is 1.87 bits per heavy atom. The summed E-state index contributed by atoms with van der Waals surface area (Å²) in [5.41, 5.74) is 3.05. The number of hydrogen-bond donors (Lipinski definition) is 1. The molecule has 3 aromatic rings. The standard InChI is InChI=1S/C23H28ClN3O4/c1-4-12-31-23(17-7-9-18(24)10-8-17)22-19(15-28)27(26-25-22)14-16-6-11-20(29-3)21(13-16)30-5-2/h6-11,13,23,28H,4-5,12,14-15H2,1-3H3. The molecule has 7 nitrogen and oxygen atoms in total. The second-order valence-electron chi connectivity index (χ2n) is 6.96. The summed E-state index contributed by atoms with van der Waals surface area (Å²) in [7, 11) is 1.61. The van der Waals surface area contributed by atoms with Crippen LogP contribution in [0.2, 0.25) is 5.02 Å². The highest BCUT2D eigenvalue weighted by Gasteiger charge is 2.24. The molecule has 1 aromatic heterocycles. The average Bonchev–Trinajstić information content (AvgIpc) is 3.18. The van der Waals surface area contributed by atoms with Gasteiger partial charge >= 0.3 is 0 Å². The zero-order valence-electron chi connectivity index (χ0n) is 18.0. The van der Waals surface area contributed by atoms with Gasteiger partial charge in [-0.25, -0.2) is 4.68 Å². The van der Waals surface area contributed by atoms with E-state index in [1.54, 1.807) is 11.8 Å². The number of aromatic nitrogens is 3. The maximum atomic E-state index is 10.1. The van der Waals surface area contributed by atoms with Gasteiger partial charge < -0.3 is 19.3 Å². The molecule has 3 rings (SSSR count). The van der Waals surface area contributed by atoms with E-state index in [4.69, 9.17) is 25.8 Å². The summed E-state index contributed by atoms with van der Waals surface area (Å²) in [6.07, 6.45) is 0.418. The molecule has 0 fully saturated rings. The van der Waals surface area contributed by atoms with Crippen molar-refractivity contribution in [2.24, 2.45) is 0 Å². The van der Waals surface area contributed by atoms with Crippen LogP contribution in [-0.4, -0.2) is 40.4 Å². The molecule has 8 heteroatoms. The third-order valence-corrected chi connectivity index (χ3v) is 5.04. The number of aliphatic hydroxyl groups excluding tert-OH is 1. The van der Waals surface area contributed by atoms with Crippen LogP contribution in [0.1, 0.15) is 48.9 Å². The summed E-state index contributed by atoms with van der Waals surface area (Å²) in [6, 6.07) is 13.1. The largest absolute Gasteiger partial charge is 0.493 e. The molecule has 1 atom stereocenters. The second-order valence-corrected chi connectivity index (χ2v) is 7.39. The van der Waals surface area contributed by atoms with Crippen LogP contribution in [0.5, 0.6) is 11.5 Å². The molecule has 166 valence electrons. The van der Waals surface area contributed by atoms with Crippen LogP contribution in [-0.2, 0) is 17.9 Å². The van der Waals surface area contributed by atoms with Gasteiger partial charge in [0.2, 0.25) is 0 Å². The minimum atomic E-state index is -0.442. The fourth-order valence-electron chi connectivity index (χ4n) is 3.31. The molecule has 0 aliphatic rings. The number of ether oxygens (including phenoxy) is 3. The number of halogens is 1. The summed E-state index contributed by atoms with van der Waals surface area (Å²) < 4.78 is 18.8. The van der Waals surface area contributed by atoms with E-state index in [0.29, 0.717) is 47.7 Å². The molecule has 1 unspecified atom stereocenters. The van der Waals surface area contributed by atoms with E-state index < -0.39 is 6.10 Å². The molecule has 0 aliphatic heterocycles. The van der Waals surface area contributed by atoms with E-state index in [9.17, 15) is 5.11 Å². The average molecular weight is 446 g/mol. The monoisotopic (exact) mass is 445 g/mol. The zero-order chi connectivity index (χ0) is 22.2. The number of hydrogen-bond acceptors (Lipinski definition) is 6. The highest BCUT2D eigenvalue weighted by atomic mass is 35.5. The number of rotatable bonds is 11.